The van der Waals surface area contributed by atoms with Crippen molar-refractivity contribution < 1.29 is 9.47 Å². The summed E-state index contributed by atoms with van der Waals surface area (Å²) < 4.78 is 12.2. The molecule has 0 aromatic rings. The number of methoxy groups -OCH3 is 2. The number of rotatable bonds is 6. The average Bonchev–Trinajstić information content (AvgIpc) is 1.97. The van der Waals surface area contributed by atoms with Gasteiger partial charge in [0.25, 0.3) is 0 Å². The number of nitrogens with zero attached hydrogens (tertiary/aromatic N) is 1. The number of hydrogen-bond donors (Lipinski definition) is 0. The summed E-state index contributed by atoms with van der Waals surface area (Å²) in [7, 11) is 3.46. The molecule has 60 valence electrons. The van der Waals surface area contributed by atoms with Gasteiger partial charge in [0.05, 0.1) is 13.2 Å². The van der Waals surface area contributed by atoms with Crippen molar-refractivity contribution in [2.45, 2.75) is 0 Å². The molecule has 0 spiro atoms. The lowest BCUT2D eigenvalue weighted by atomic mass is 10.6. The van der Waals surface area contributed by atoms with Crippen molar-refractivity contribution in [2.75, 3.05) is 40.5 Å². The standard InChI is InChI=1S/C6H14NO2.Al.2H/c1-8-5-3-7-4-6-9-2;;;/h3-6H2,1-2H3;;;/q-1;+1;;. The molecule has 0 N–H and O–H groups in total. The normalized spacial score (nSPS) is 10.7. The Bertz CT molecular complexity index is 64.8. The molecular formula is C6H16AlNO2. The fourth-order valence-corrected chi connectivity index (χ4v) is 0.971. The minimum atomic E-state index is 0.827. The molecule has 0 amide bonds. The zero-order valence-electron chi connectivity index (χ0n) is 7.09. The lowest BCUT2D eigenvalue weighted by Gasteiger charge is -2.15. The third-order valence-electron chi connectivity index (χ3n) is 1.35. The van der Waals surface area contributed by atoms with Crippen LogP contribution in [-0.2, 0) is 9.47 Å². The van der Waals surface area contributed by atoms with Gasteiger partial charge in [-0.1, -0.05) is 0 Å². The van der Waals surface area contributed by atoms with Gasteiger partial charge in [-0.2, -0.15) is 0 Å². The summed E-state index contributed by atoms with van der Waals surface area (Å²) in [6.07, 6.45) is 0. The Balaban J connectivity index is 3.00. The fraction of sp³-hybridized carbons (Fsp3) is 1.00. The quantitative estimate of drug-likeness (QED) is 0.473. The maximum absolute atomic E-state index is 4.93. The topological polar surface area (TPSA) is 21.7 Å². The second kappa shape index (κ2) is 7.52. The molecule has 0 saturated heterocycles. The summed E-state index contributed by atoms with van der Waals surface area (Å²) in [5, 5.41) is 0. The van der Waals surface area contributed by atoms with Crippen LogP contribution < -0.4 is 0 Å². The van der Waals surface area contributed by atoms with Crippen molar-refractivity contribution in [1.29, 1.82) is 0 Å². The van der Waals surface area contributed by atoms with Gasteiger partial charge >= 0.3 is 16.5 Å². The molecule has 0 aromatic carbocycles. The second-order valence-corrected chi connectivity index (χ2v) is 3.55. The van der Waals surface area contributed by atoms with Crippen molar-refractivity contribution in [3.63, 3.8) is 0 Å². The zero-order chi connectivity index (χ0) is 7.82. The Hall–Kier alpha value is 0.412. The highest BCUT2D eigenvalue weighted by Crippen LogP contribution is 1.80. The molecule has 0 aliphatic carbocycles. The molecule has 0 aliphatic rings. The Morgan fingerprint density at radius 1 is 1.10 bits per heavy atom. The highest BCUT2D eigenvalue weighted by atomic mass is 27.1. The van der Waals surface area contributed by atoms with E-state index >= 15 is 0 Å². The van der Waals surface area contributed by atoms with E-state index in [-0.39, 0.29) is 0 Å². The molecule has 0 heterocycles. The Morgan fingerprint density at radius 3 is 1.80 bits per heavy atom. The molecule has 0 atom stereocenters. The molecule has 0 fully saturated rings. The molecule has 0 radical (unpaired) electrons. The minimum Gasteiger partial charge on any atom is -0.387 e. The van der Waals surface area contributed by atoms with Gasteiger partial charge in [-0.15, -0.1) is 0 Å². The summed E-state index contributed by atoms with van der Waals surface area (Å²) in [5.41, 5.74) is 0. The summed E-state index contributed by atoms with van der Waals surface area (Å²) in [4.78, 5) is 0. The maximum Gasteiger partial charge on any atom is 0.322 e. The molecule has 0 bridgehead atoms. The van der Waals surface area contributed by atoms with Gasteiger partial charge in [-0.25, -0.2) is 0 Å². The summed E-state index contributed by atoms with van der Waals surface area (Å²) >= 11 is 1.09. The van der Waals surface area contributed by atoms with E-state index in [4.69, 9.17) is 9.47 Å². The van der Waals surface area contributed by atoms with E-state index in [9.17, 15) is 0 Å². The highest BCUT2D eigenvalue weighted by Gasteiger charge is 1.94. The lowest BCUT2D eigenvalue weighted by molar-refractivity contribution is 0.152. The predicted octanol–water partition coefficient (Wildman–Crippen LogP) is -0.871. The number of hydrogen-bond acceptors (Lipinski definition) is 3. The predicted molar refractivity (Wildman–Crippen MR) is 43.9 cm³/mol. The summed E-state index contributed by atoms with van der Waals surface area (Å²) in [5.74, 6) is 0. The molecule has 0 aromatic heterocycles. The molecule has 3 nitrogen and oxygen atoms in total. The third-order valence-corrected chi connectivity index (χ3v) is 2.25. The van der Waals surface area contributed by atoms with Crippen molar-refractivity contribution in [2.24, 2.45) is 0 Å². The van der Waals surface area contributed by atoms with E-state index < -0.39 is 0 Å². The fourth-order valence-electron chi connectivity index (χ4n) is 0.606. The Kier molecular flexibility index (Phi) is 7.83. The van der Waals surface area contributed by atoms with Crippen LogP contribution in [0.15, 0.2) is 0 Å². The van der Waals surface area contributed by atoms with Crippen LogP contribution in [0.4, 0.5) is 0 Å². The van der Waals surface area contributed by atoms with Crippen molar-refractivity contribution in [3.8, 4) is 0 Å². The van der Waals surface area contributed by atoms with Gasteiger partial charge < -0.3 is 13.4 Å². The molecule has 0 unspecified atom stereocenters. The van der Waals surface area contributed by atoms with E-state index in [0.29, 0.717) is 0 Å². The van der Waals surface area contributed by atoms with E-state index in [0.717, 1.165) is 42.8 Å². The smallest absolute Gasteiger partial charge is 0.322 e. The monoisotopic (exact) mass is 161 g/mol. The van der Waals surface area contributed by atoms with Gasteiger partial charge in [0, 0.05) is 27.3 Å². The highest BCUT2D eigenvalue weighted by molar-refractivity contribution is 6.04. The van der Waals surface area contributed by atoms with Crippen LogP contribution in [0.1, 0.15) is 0 Å². The SMILES string of the molecule is COCC[N]([AlH2])CCOC. The van der Waals surface area contributed by atoms with Crippen LogP contribution in [-0.4, -0.2) is 60.9 Å². The van der Waals surface area contributed by atoms with Crippen LogP contribution >= 0.6 is 0 Å². The number of ether oxygens (including phenoxy) is 2. The van der Waals surface area contributed by atoms with E-state index in [2.05, 4.69) is 3.88 Å². The van der Waals surface area contributed by atoms with Gasteiger partial charge in [0.15, 0.2) is 0 Å². The summed E-state index contributed by atoms with van der Waals surface area (Å²) in [6.45, 7) is 3.72. The molecule has 4 heteroatoms. The molecular weight excluding hydrogens is 145 g/mol. The van der Waals surface area contributed by atoms with Gasteiger partial charge in [0.2, 0.25) is 0 Å². The van der Waals surface area contributed by atoms with Gasteiger partial charge in [0.1, 0.15) is 0 Å². The second-order valence-electron chi connectivity index (χ2n) is 2.29. The summed E-state index contributed by atoms with van der Waals surface area (Å²) in [6, 6.07) is 0. The first-order chi connectivity index (χ1) is 4.81. The first-order valence-electron chi connectivity index (χ1n) is 3.47. The Labute approximate surface area is 70.9 Å². The van der Waals surface area contributed by atoms with Gasteiger partial charge in [-0.3, -0.25) is 0 Å². The van der Waals surface area contributed by atoms with Crippen LogP contribution in [0, 0.1) is 0 Å². The van der Waals surface area contributed by atoms with Crippen molar-refractivity contribution >= 4 is 16.5 Å². The first kappa shape index (κ1) is 10.4. The van der Waals surface area contributed by atoms with Crippen molar-refractivity contribution in [1.82, 2.24) is 3.88 Å². The third kappa shape index (κ3) is 6.53. The first-order valence-corrected chi connectivity index (χ1v) is 4.37. The van der Waals surface area contributed by atoms with E-state index in [1.165, 1.54) is 0 Å². The van der Waals surface area contributed by atoms with Gasteiger partial charge in [-0.05, 0) is 0 Å². The van der Waals surface area contributed by atoms with E-state index in [1.54, 1.807) is 14.2 Å². The van der Waals surface area contributed by atoms with Crippen LogP contribution in [0.3, 0.4) is 0 Å². The lowest BCUT2D eigenvalue weighted by Crippen LogP contribution is -2.27. The Morgan fingerprint density at radius 2 is 1.50 bits per heavy atom. The molecule has 0 rings (SSSR count). The molecule has 0 saturated carbocycles. The largest absolute Gasteiger partial charge is 0.387 e. The van der Waals surface area contributed by atoms with E-state index in [1.807, 2.05) is 0 Å². The maximum atomic E-state index is 4.93. The van der Waals surface area contributed by atoms with Crippen LogP contribution in [0.2, 0.25) is 0 Å². The average molecular weight is 161 g/mol. The van der Waals surface area contributed by atoms with Crippen LogP contribution in [0.5, 0.6) is 0 Å². The van der Waals surface area contributed by atoms with Crippen LogP contribution in [0.25, 0.3) is 0 Å². The molecule has 10 heavy (non-hydrogen) atoms. The minimum absolute atomic E-state index is 0.827. The molecule has 0 aliphatic heterocycles. The van der Waals surface area contributed by atoms with Crippen molar-refractivity contribution in [3.05, 3.63) is 0 Å². The zero-order valence-corrected chi connectivity index (χ0v) is 9.09.